The van der Waals surface area contributed by atoms with Gasteiger partial charge in [-0.2, -0.15) is 0 Å². The van der Waals surface area contributed by atoms with E-state index in [1.54, 1.807) is 0 Å². The van der Waals surface area contributed by atoms with Crippen LogP contribution in [-0.4, -0.2) is 21.1 Å². The summed E-state index contributed by atoms with van der Waals surface area (Å²) in [5, 5.41) is 4.85. The first-order valence-corrected chi connectivity index (χ1v) is 21.2. The lowest BCUT2D eigenvalue weighted by molar-refractivity contribution is 0.281. The molecule has 0 N–H and O–H groups in total. The molecule has 8 aromatic carbocycles. The Balaban J connectivity index is 1.03. The zero-order valence-electron chi connectivity index (χ0n) is 32.4. The van der Waals surface area contributed by atoms with Crippen molar-refractivity contribution in [1.29, 1.82) is 0 Å². The molecule has 0 saturated carbocycles. The number of thiophene rings is 1. The highest BCUT2D eigenvalue weighted by Gasteiger charge is 2.32. The zero-order valence-corrected chi connectivity index (χ0v) is 33.2. The van der Waals surface area contributed by atoms with Crippen molar-refractivity contribution in [2.24, 2.45) is 0 Å². The van der Waals surface area contributed by atoms with Gasteiger partial charge in [-0.15, -0.1) is 11.3 Å². The van der Waals surface area contributed by atoms with Crippen molar-refractivity contribution < 1.29 is 4.74 Å². The minimum atomic E-state index is -0.0901. The van der Waals surface area contributed by atoms with E-state index in [4.69, 9.17) is 19.7 Å². The van der Waals surface area contributed by atoms with Crippen molar-refractivity contribution >= 4 is 53.4 Å². The highest BCUT2D eigenvalue weighted by atomic mass is 32.1. The maximum atomic E-state index is 6.47. The summed E-state index contributed by atoms with van der Waals surface area (Å²) in [5.74, 6) is 2.85. The quantitative estimate of drug-likeness (QED) is 0.168. The van der Waals surface area contributed by atoms with E-state index in [9.17, 15) is 0 Å². The minimum absolute atomic E-state index is 0.0901. The molecule has 0 spiro atoms. The van der Waals surface area contributed by atoms with Crippen molar-refractivity contribution in [3.8, 4) is 61.9 Å². The Labute approximate surface area is 351 Å². The Hall–Kier alpha value is -7.47. The maximum Gasteiger partial charge on any atom is 0.164 e. The Morgan fingerprint density at radius 1 is 0.417 bits per heavy atom. The van der Waals surface area contributed by atoms with E-state index in [2.05, 4.69) is 176 Å². The van der Waals surface area contributed by atoms with Crippen LogP contribution in [0.5, 0.6) is 5.75 Å². The van der Waals surface area contributed by atoms with Crippen molar-refractivity contribution in [3.05, 3.63) is 206 Å². The zero-order chi connectivity index (χ0) is 39.6. The molecule has 1 atom stereocenters. The van der Waals surface area contributed by atoms with Gasteiger partial charge in [0, 0.05) is 60.0 Å². The summed E-state index contributed by atoms with van der Waals surface area (Å²) in [6.45, 7) is 0. The smallest absolute Gasteiger partial charge is 0.164 e. The number of benzene rings is 8. The van der Waals surface area contributed by atoms with Crippen LogP contribution in [0.25, 0.3) is 98.2 Å². The molecule has 0 fully saturated rings. The van der Waals surface area contributed by atoms with Crippen LogP contribution < -0.4 is 4.74 Å². The standard InChI is InChI=1S/C55H35N3OS/c1-3-13-34(14-4-1)35-25-27-37(28-26-35)53-56-54(39-29-30-44-43-19-9-10-24-49(43)59-50(44)33-39)58-55(57-53)40-31-38-17-7-8-18-41(38)48(32-40)47-23-12-22-46-45-21-11-20-42(51(45)60-52(46)47)36-15-5-2-6-16-36/h1-32,50H,33H2. The molecule has 1 aliphatic carbocycles. The third kappa shape index (κ3) is 5.85. The fourth-order valence-corrected chi connectivity index (χ4v) is 10.3. The third-order valence-corrected chi connectivity index (χ3v) is 13.2. The molecule has 5 heteroatoms. The fourth-order valence-electron chi connectivity index (χ4n) is 8.93. The summed E-state index contributed by atoms with van der Waals surface area (Å²) in [7, 11) is 0. The SMILES string of the molecule is C1=C(c2nc(-c3ccc(-c4ccccc4)cc3)nc(-c3cc(-c4cccc5c4sc4c(-c6ccccc6)cccc45)c4ccccc4c3)n2)CC2Oc3ccccc3C2=C1. The lowest BCUT2D eigenvalue weighted by atomic mass is 9.92. The van der Waals surface area contributed by atoms with Crippen LogP contribution in [0, 0.1) is 0 Å². The molecule has 4 nitrogen and oxygen atoms in total. The molecular weight excluding hydrogens is 751 g/mol. The molecule has 2 aromatic heterocycles. The lowest BCUT2D eigenvalue weighted by Gasteiger charge is -2.19. The highest BCUT2D eigenvalue weighted by Crippen LogP contribution is 2.46. The fraction of sp³-hybridized carbons (Fsp3) is 0.0364. The molecular formula is C55H35N3OS. The third-order valence-electron chi connectivity index (χ3n) is 11.9. The summed E-state index contributed by atoms with van der Waals surface area (Å²) in [6.07, 6.45) is 4.91. The van der Waals surface area contributed by atoms with E-state index in [1.165, 1.54) is 53.4 Å². The van der Waals surface area contributed by atoms with Gasteiger partial charge in [-0.1, -0.05) is 176 Å². The summed E-state index contributed by atoms with van der Waals surface area (Å²) in [5.41, 5.74) is 12.4. The van der Waals surface area contributed by atoms with Crippen molar-refractivity contribution in [1.82, 2.24) is 15.0 Å². The average molecular weight is 786 g/mol. The molecule has 0 radical (unpaired) electrons. The first-order chi connectivity index (χ1) is 29.7. The molecule has 1 aliphatic heterocycles. The van der Waals surface area contributed by atoms with E-state index < -0.39 is 0 Å². The van der Waals surface area contributed by atoms with E-state index in [0.717, 1.165) is 44.5 Å². The van der Waals surface area contributed by atoms with E-state index in [-0.39, 0.29) is 6.10 Å². The van der Waals surface area contributed by atoms with Crippen molar-refractivity contribution in [2.45, 2.75) is 12.5 Å². The molecule has 0 amide bonds. The Bertz CT molecular complexity index is 3370. The number of para-hydroxylation sites is 1. The normalized spacial score (nSPS) is 14.4. The average Bonchev–Trinajstić information content (AvgIpc) is 3.90. The molecule has 282 valence electrons. The predicted molar refractivity (Wildman–Crippen MR) is 249 cm³/mol. The Morgan fingerprint density at radius 3 is 1.80 bits per heavy atom. The molecule has 2 aliphatic rings. The number of rotatable bonds is 6. The topological polar surface area (TPSA) is 47.9 Å². The summed E-state index contributed by atoms with van der Waals surface area (Å²) >= 11 is 1.87. The molecule has 1 unspecified atom stereocenters. The van der Waals surface area contributed by atoms with Gasteiger partial charge >= 0.3 is 0 Å². The van der Waals surface area contributed by atoms with Crippen LogP contribution in [0.1, 0.15) is 17.8 Å². The van der Waals surface area contributed by atoms with Crippen LogP contribution in [-0.2, 0) is 0 Å². The van der Waals surface area contributed by atoms with Gasteiger partial charge in [0.15, 0.2) is 17.5 Å². The van der Waals surface area contributed by atoms with E-state index in [0.29, 0.717) is 23.9 Å². The Morgan fingerprint density at radius 2 is 1.00 bits per heavy atom. The van der Waals surface area contributed by atoms with Gasteiger partial charge in [-0.05, 0) is 56.8 Å². The largest absolute Gasteiger partial charge is 0.485 e. The monoisotopic (exact) mass is 785 g/mol. The second kappa shape index (κ2) is 14.1. The van der Waals surface area contributed by atoms with E-state index in [1.807, 2.05) is 29.5 Å². The van der Waals surface area contributed by atoms with E-state index >= 15 is 0 Å². The summed E-state index contributed by atoms with van der Waals surface area (Å²) in [6, 6.07) is 64.5. The number of hydrogen-bond acceptors (Lipinski definition) is 5. The van der Waals surface area contributed by atoms with Gasteiger partial charge in [0.1, 0.15) is 11.9 Å². The second-order valence-electron chi connectivity index (χ2n) is 15.4. The first-order valence-electron chi connectivity index (χ1n) is 20.3. The van der Waals surface area contributed by atoms with Crippen LogP contribution >= 0.6 is 11.3 Å². The molecule has 0 saturated heterocycles. The number of aromatic nitrogens is 3. The molecule has 10 aromatic rings. The lowest BCUT2D eigenvalue weighted by Crippen LogP contribution is -2.16. The van der Waals surface area contributed by atoms with Gasteiger partial charge in [-0.25, -0.2) is 15.0 Å². The Kier molecular flexibility index (Phi) is 8.13. The molecule has 60 heavy (non-hydrogen) atoms. The first kappa shape index (κ1) is 34.6. The van der Waals surface area contributed by atoms with Crippen LogP contribution in [0.3, 0.4) is 0 Å². The number of allylic oxidation sites excluding steroid dienone is 2. The number of hydrogen-bond donors (Lipinski definition) is 0. The number of nitrogens with zero attached hydrogens (tertiary/aromatic N) is 3. The molecule has 12 rings (SSSR count). The van der Waals surface area contributed by atoms with Crippen LogP contribution in [0.4, 0.5) is 0 Å². The van der Waals surface area contributed by atoms with Gasteiger partial charge < -0.3 is 4.74 Å². The number of ether oxygens (including phenoxy) is 1. The summed E-state index contributed by atoms with van der Waals surface area (Å²) < 4.78 is 9.03. The van der Waals surface area contributed by atoms with Crippen LogP contribution in [0.2, 0.25) is 0 Å². The van der Waals surface area contributed by atoms with Crippen LogP contribution in [0.15, 0.2) is 194 Å². The molecule has 0 bridgehead atoms. The predicted octanol–water partition coefficient (Wildman–Crippen LogP) is 14.4. The number of fused-ring (bicyclic) bond motifs is 7. The van der Waals surface area contributed by atoms with Gasteiger partial charge in [-0.3, -0.25) is 0 Å². The highest BCUT2D eigenvalue weighted by molar-refractivity contribution is 7.26. The van der Waals surface area contributed by atoms with Gasteiger partial charge in [0.05, 0.1) is 0 Å². The maximum absolute atomic E-state index is 6.47. The van der Waals surface area contributed by atoms with Gasteiger partial charge in [0.25, 0.3) is 0 Å². The second-order valence-corrected chi connectivity index (χ2v) is 16.5. The summed E-state index contributed by atoms with van der Waals surface area (Å²) in [4.78, 5) is 15.7. The van der Waals surface area contributed by atoms with Gasteiger partial charge in [0.2, 0.25) is 0 Å². The minimum Gasteiger partial charge on any atom is -0.485 e. The van der Waals surface area contributed by atoms with Crippen molar-refractivity contribution in [3.63, 3.8) is 0 Å². The molecule has 3 heterocycles. The van der Waals surface area contributed by atoms with Crippen molar-refractivity contribution in [2.75, 3.05) is 0 Å².